The molecule has 1 aliphatic heterocycles. The van der Waals surface area contributed by atoms with Crippen LogP contribution in [-0.2, 0) is 16.6 Å². The summed E-state index contributed by atoms with van der Waals surface area (Å²) < 4.78 is 0. The van der Waals surface area contributed by atoms with E-state index in [-0.39, 0.29) is 0 Å². The maximum Gasteiger partial charge on any atom is 0.313 e. The highest BCUT2D eigenvalue weighted by Crippen LogP contribution is 2.36. The third-order valence-corrected chi connectivity index (χ3v) is 5.04. The SMILES string of the molecule is CC(C)(C(=O)O)c1ccc2c(c1)N(CC1CCC1)CC2. The van der Waals surface area contributed by atoms with Crippen molar-refractivity contribution < 1.29 is 9.90 Å². The van der Waals surface area contributed by atoms with Crippen LogP contribution < -0.4 is 4.90 Å². The van der Waals surface area contributed by atoms with E-state index >= 15 is 0 Å². The number of nitrogens with zero attached hydrogens (tertiary/aromatic N) is 1. The Balaban J connectivity index is 1.87. The van der Waals surface area contributed by atoms with Gasteiger partial charge in [-0.15, -0.1) is 0 Å². The van der Waals surface area contributed by atoms with E-state index in [1.165, 1.54) is 30.5 Å². The first kappa shape index (κ1) is 13.5. The van der Waals surface area contributed by atoms with Gasteiger partial charge in [-0.1, -0.05) is 18.6 Å². The van der Waals surface area contributed by atoms with E-state index < -0.39 is 11.4 Å². The normalized spacial score (nSPS) is 18.8. The van der Waals surface area contributed by atoms with Crippen molar-refractivity contribution in [3.8, 4) is 0 Å². The number of carboxylic acid groups (broad SMARTS) is 1. The van der Waals surface area contributed by atoms with E-state index in [1.54, 1.807) is 13.8 Å². The van der Waals surface area contributed by atoms with Crippen LogP contribution in [0.5, 0.6) is 0 Å². The fourth-order valence-corrected chi connectivity index (χ4v) is 3.13. The summed E-state index contributed by atoms with van der Waals surface area (Å²) in [6, 6.07) is 6.21. The van der Waals surface area contributed by atoms with Crippen LogP contribution in [0.4, 0.5) is 5.69 Å². The van der Waals surface area contributed by atoms with Crippen molar-refractivity contribution in [2.45, 2.75) is 44.9 Å². The van der Waals surface area contributed by atoms with Crippen molar-refractivity contribution >= 4 is 11.7 Å². The van der Waals surface area contributed by atoms with E-state index in [1.807, 2.05) is 6.07 Å². The Morgan fingerprint density at radius 3 is 2.75 bits per heavy atom. The van der Waals surface area contributed by atoms with Gasteiger partial charge in [0.2, 0.25) is 0 Å². The summed E-state index contributed by atoms with van der Waals surface area (Å²) in [5.41, 5.74) is 2.72. The van der Waals surface area contributed by atoms with E-state index in [9.17, 15) is 9.90 Å². The van der Waals surface area contributed by atoms with Crippen molar-refractivity contribution in [1.29, 1.82) is 0 Å². The lowest BCUT2D eigenvalue weighted by Crippen LogP contribution is -2.32. The molecular formula is C17H23NO2. The molecule has 20 heavy (non-hydrogen) atoms. The highest BCUT2D eigenvalue weighted by atomic mass is 16.4. The first-order chi connectivity index (χ1) is 9.48. The Kier molecular flexibility index (Phi) is 3.23. The van der Waals surface area contributed by atoms with E-state index in [2.05, 4.69) is 17.0 Å². The summed E-state index contributed by atoms with van der Waals surface area (Å²) in [6.07, 6.45) is 5.17. The zero-order valence-corrected chi connectivity index (χ0v) is 12.4. The van der Waals surface area contributed by atoms with Gasteiger partial charge in [0.15, 0.2) is 0 Å². The summed E-state index contributed by atoms with van der Waals surface area (Å²) in [6.45, 7) is 5.79. The second-order valence-corrected chi connectivity index (χ2v) is 6.77. The van der Waals surface area contributed by atoms with Crippen molar-refractivity contribution in [2.24, 2.45) is 5.92 Å². The second-order valence-electron chi connectivity index (χ2n) is 6.77. The van der Waals surface area contributed by atoms with Gasteiger partial charge in [0.1, 0.15) is 0 Å². The fourth-order valence-electron chi connectivity index (χ4n) is 3.13. The van der Waals surface area contributed by atoms with Crippen LogP contribution in [-0.4, -0.2) is 24.2 Å². The smallest absolute Gasteiger partial charge is 0.313 e. The summed E-state index contributed by atoms with van der Waals surface area (Å²) in [5, 5.41) is 9.39. The zero-order valence-electron chi connectivity index (χ0n) is 12.4. The minimum absolute atomic E-state index is 0.763. The molecule has 0 saturated heterocycles. The number of hydrogen-bond donors (Lipinski definition) is 1. The average molecular weight is 273 g/mol. The number of carbonyl (C=O) groups is 1. The lowest BCUT2D eigenvalue weighted by atomic mass is 9.83. The fraction of sp³-hybridized carbons (Fsp3) is 0.588. The Morgan fingerprint density at radius 1 is 1.40 bits per heavy atom. The van der Waals surface area contributed by atoms with Gasteiger partial charge in [-0.25, -0.2) is 0 Å². The lowest BCUT2D eigenvalue weighted by molar-refractivity contribution is -0.142. The molecule has 1 fully saturated rings. The zero-order chi connectivity index (χ0) is 14.3. The summed E-state index contributed by atoms with van der Waals surface area (Å²) >= 11 is 0. The summed E-state index contributed by atoms with van der Waals surface area (Å²) in [7, 11) is 0. The molecule has 1 aromatic rings. The maximum absolute atomic E-state index is 11.4. The minimum Gasteiger partial charge on any atom is -0.481 e. The Hall–Kier alpha value is -1.51. The van der Waals surface area contributed by atoms with Crippen LogP contribution in [0.3, 0.4) is 0 Å². The molecule has 108 valence electrons. The van der Waals surface area contributed by atoms with Crippen molar-refractivity contribution in [3.05, 3.63) is 29.3 Å². The van der Waals surface area contributed by atoms with Crippen LogP contribution in [0.25, 0.3) is 0 Å². The highest BCUT2D eigenvalue weighted by molar-refractivity contribution is 5.81. The second kappa shape index (κ2) is 4.80. The Bertz CT molecular complexity index is 532. The third kappa shape index (κ3) is 2.19. The predicted molar refractivity (Wildman–Crippen MR) is 80.4 cm³/mol. The molecule has 3 nitrogen and oxygen atoms in total. The molecule has 0 bridgehead atoms. The number of anilines is 1. The molecule has 0 spiro atoms. The molecule has 0 unspecified atom stereocenters. The van der Waals surface area contributed by atoms with E-state index in [4.69, 9.17) is 0 Å². The van der Waals surface area contributed by atoms with Gasteiger partial charge in [0.25, 0.3) is 0 Å². The van der Waals surface area contributed by atoms with Gasteiger partial charge < -0.3 is 10.0 Å². The number of hydrogen-bond acceptors (Lipinski definition) is 2. The van der Waals surface area contributed by atoms with Crippen molar-refractivity contribution in [3.63, 3.8) is 0 Å². The Morgan fingerprint density at radius 2 is 2.15 bits per heavy atom. The van der Waals surface area contributed by atoms with Crippen LogP contribution in [0, 0.1) is 5.92 Å². The monoisotopic (exact) mass is 273 g/mol. The highest BCUT2D eigenvalue weighted by Gasteiger charge is 2.32. The largest absolute Gasteiger partial charge is 0.481 e. The minimum atomic E-state index is -0.820. The molecule has 1 saturated carbocycles. The first-order valence-electron chi connectivity index (χ1n) is 7.60. The molecule has 1 N–H and O–H groups in total. The van der Waals surface area contributed by atoms with E-state index in [0.29, 0.717) is 0 Å². The van der Waals surface area contributed by atoms with Crippen LogP contribution >= 0.6 is 0 Å². The number of rotatable bonds is 4. The topological polar surface area (TPSA) is 40.5 Å². The molecule has 0 atom stereocenters. The Labute approximate surface area is 120 Å². The number of benzene rings is 1. The summed E-state index contributed by atoms with van der Waals surface area (Å²) in [4.78, 5) is 13.9. The van der Waals surface area contributed by atoms with Gasteiger partial charge in [-0.2, -0.15) is 0 Å². The molecule has 3 rings (SSSR count). The lowest BCUT2D eigenvalue weighted by Gasteiger charge is -2.32. The van der Waals surface area contributed by atoms with Gasteiger partial charge in [0.05, 0.1) is 5.41 Å². The quantitative estimate of drug-likeness (QED) is 0.915. The van der Waals surface area contributed by atoms with Crippen molar-refractivity contribution in [2.75, 3.05) is 18.0 Å². The summed E-state index contributed by atoms with van der Waals surface area (Å²) in [5.74, 6) is 0.0816. The van der Waals surface area contributed by atoms with Crippen LogP contribution in [0.2, 0.25) is 0 Å². The average Bonchev–Trinajstić information content (AvgIpc) is 2.75. The molecule has 1 heterocycles. The first-order valence-corrected chi connectivity index (χ1v) is 7.60. The molecule has 3 heteroatoms. The van der Waals surface area contributed by atoms with Crippen LogP contribution in [0.15, 0.2) is 18.2 Å². The molecule has 2 aliphatic rings. The standard InChI is InChI=1S/C17H23NO2/c1-17(2,16(19)20)14-7-6-13-8-9-18(15(13)10-14)11-12-4-3-5-12/h6-7,10,12H,3-5,8-9,11H2,1-2H3,(H,19,20). The number of aliphatic carboxylic acids is 1. The number of carboxylic acids is 1. The predicted octanol–water partition coefficient (Wildman–Crippen LogP) is 3.21. The molecule has 1 aliphatic carbocycles. The van der Waals surface area contributed by atoms with Gasteiger partial charge in [-0.05, 0) is 56.2 Å². The maximum atomic E-state index is 11.4. The molecule has 1 aromatic carbocycles. The molecule has 0 amide bonds. The van der Waals surface area contributed by atoms with Gasteiger partial charge in [-0.3, -0.25) is 4.79 Å². The van der Waals surface area contributed by atoms with Gasteiger partial charge in [0, 0.05) is 18.8 Å². The van der Waals surface area contributed by atoms with Crippen LogP contribution in [0.1, 0.15) is 44.2 Å². The molecular weight excluding hydrogens is 250 g/mol. The number of fused-ring (bicyclic) bond motifs is 1. The van der Waals surface area contributed by atoms with Crippen molar-refractivity contribution in [1.82, 2.24) is 0 Å². The van der Waals surface area contributed by atoms with E-state index in [0.717, 1.165) is 31.0 Å². The molecule has 0 aromatic heterocycles. The van der Waals surface area contributed by atoms with Gasteiger partial charge >= 0.3 is 5.97 Å². The third-order valence-electron chi connectivity index (χ3n) is 5.04. The molecule has 0 radical (unpaired) electrons.